The molecule has 2 amide bonds. The Balaban J connectivity index is 1.48. The molecule has 0 aliphatic rings. The number of thiazole rings is 1. The molecule has 0 saturated carbocycles. The van der Waals surface area contributed by atoms with Crippen LogP contribution in [0.15, 0.2) is 78.2 Å². The number of nitrogens with zero attached hydrogens (tertiary/aromatic N) is 1. The Hall–Kier alpha value is -3.77. The largest absolute Gasteiger partial charge is 0.322 e. The number of carbonyl (C=O) groups is 2. The Morgan fingerprint density at radius 2 is 1.39 bits per heavy atom. The van der Waals surface area contributed by atoms with Gasteiger partial charge in [0, 0.05) is 27.8 Å². The van der Waals surface area contributed by atoms with Gasteiger partial charge in [-0.15, -0.1) is 11.3 Å². The fourth-order valence-corrected chi connectivity index (χ4v) is 3.88. The van der Waals surface area contributed by atoms with E-state index in [1.54, 1.807) is 12.1 Å². The molecule has 0 bridgehead atoms. The molecule has 3 aromatic carbocycles. The van der Waals surface area contributed by atoms with Crippen LogP contribution in [0.1, 0.15) is 31.8 Å². The van der Waals surface area contributed by atoms with Gasteiger partial charge < -0.3 is 5.32 Å². The smallest absolute Gasteiger partial charge is 0.257 e. The molecular weight excluding hydrogens is 406 g/mol. The normalized spacial score (nSPS) is 10.5. The molecule has 0 atom stereocenters. The summed E-state index contributed by atoms with van der Waals surface area (Å²) >= 11 is 1.36. The van der Waals surface area contributed by atoms with Crippen LogP contribution >= 0.6 is 11.3 Å². The van der Waals surface area contributed by atoms with Gasteiger partial charge >= 0.3 is 0 Å². The number of aryl methyl sites for hydroxylation is 2. The Morgan fingerprint density at radius 1 is 0.774 bits per heavy atom. The number of aromatic nitrogens is 1. The minimum atomic E-state index is -0.191. The first-order valence-corrected chi connectivity index (χ1v) is 10.7. The maximum Gasteiger partial charge on any atom is 0.257 e. The van der Waals surface area contributed by atoms with Gasteiger partial charge in [0.1, 0.15) is 0 Å². The molecule has 1 heterocycles. The van der Waals surface area contributed by atoms with Crippen LogP contribution in [0, 0.1) is 13.8 Å². The van der Waals surface area contributed by atoms with Gasteiger partial charge in [0.2, 0.25) is 0 Å². The van der Waals surface area contributed by atoms with Crippen LogP contribution in [-0.2, 0) is 0 Å². The molecule has 4 aromatic rings. The summed E-state index contributed by atoms with van der Waals surface area (Å²) in [4.78, 5) is 29.5. The molecule has 0 saturated heterocycles. The summed E-state index contributed by atoms with van der Waals surface area (Å²) in [7, 11) is 0. The fraction of sp³-hybridized carbons (Fsp3) is 0.0800. The minimum Gasteiger partial charge on any atom is -0.322 e. The van der Waals surface area contributed by atoms with Crippen molar-refractivity contribution in [1.82, 2.24) is 4.98 Å². The molecule has 154 valence electrons. The van der Waals surface area contributed by atoms with Gasteiger partial charge in [-0.05, 0) is 50.2 Å². The van der Waals surface area contributed by atoms with E-state index in [9.17, 15) is 9.59 Å². The van der Waals surface area contributed by atoms with Gasteiger partial charge in [-0.2, -0.15) is 0 Å². The average Bonchev–Trinajstić information content (AvgIpc) is 3.22. The summed E-state index contributed by atoms with van der Waals surface area (Å²) in [6.07, 6.45) is 0. The molecule has 31 heavy (non-hydrogen) atoms. The average molecular weight is 428 g/mol. The first-order valence-electron chi connectivity index (χ1n) is 9.80. The van der Waals surface area contributed by atoms with Gasteiger partial charge in [-0.1, -0.05) is 47.5 Å². The van der Waals surface area contributed by atoms with Crippen LogP contribution in [-0.4, -0.2) is 16.8 Å². The number of amides is 2. The van der Waals surface area contributed by atoms with Crippen LogP contribution in [0.25, 0.3) is 11.3 Å². The highest BCUT2D eigenvalue weighted by Gasteiger charge is 2.11. The van der Waals surface area contributed by atoms with E-state index in [1.807, 2.05) is 79.9 Å². The predicted octanol–water partition coefficient (Wildman–Crippen LogP) is 5.93. The number of anilines is 2. The van der Waals surface area contributed by atoms with Crippen molar-refractivity contribution in [1.29, 1.82) is 0 Å². The Labute approximate surface area is 184 Å². The lowest BCUT2D eigenvalue weighted by Crippen LogP contribution is -2.12. The van der Waals surface area contributed by atoms with Crippen LogP contribution in [0.5, 0.6) is 0 Å². The van der Waals surface area contributed by atoms with E-state index in [2.05, 4.69) is 15.6 Å². The highest BCUT2D eigenvalue weighted by Crippen LogP contribution is 2.27. The summed E-state index contributed by atoms with van der Waals surface area (Å²) in [6.45, 7) is 3.90. The lowest BCUT2D eigenvalue weighted by Gasteiger charge is -2.07. The Morgan fingerprint density at radius 3 is 2.03 bits per heavy atom. The number of benzene rings is 3. The number of hydrogen-bond donors (Lipinski definition) is 2. The topological polar surface area (TPSA) is 71.1 Å². The van der Waals surface area contributed by atoms with Gasteiger partial charge in [-0.25, -0.2) is 4.98 Å². The van der Waals surface area contributed by atoms with Crippen LogP contribution in [0.2, 0.25) is 0 Å². The van der Waals surface area contributed by atoms with Crippen LogP contribution < -0.4 is 10.6 Å². The predicted molar refractivity (Wildman–Crippen MR) is 126 cm³/mol. The van der Waals surface area contributed by atoms with Crippen LogP contribution in [0.3, 0.4) is 0 Å². The number of nitrogens with one attached hydrogen (secondary N) is 2. The first kappa shape index (κ1) is 20.5. The Bertz CT molecular complexity index is 1260. The Kier molecular flexibility index (Phi) is 5.91. The summed E-state index contributed by atoms with van der Waals surface area (Å²) < 4.78 is 0. The molecule has 2 N–H and O–H groups in total. The van der Waals surface area contributed by atoms with Crippen molar-refractivity contribution in [3.63, 3.8) is 0 Å². The molecule has 0 spiro atoms. The molecule has 5 nitrogen and oxygen atoms in total. The van der Waals surface area contributed by atoms with E-state index in [1.165, 1.54) is 11.3 Å². The van der Waals surface area contributed by atoms with Crippen molar-refractivity contribution < 1.29 is 9.59 Å². The van der Waals surface area contributed by atoms with E-state index in [4.69, 9.17) is 0 Å². The fourth-order valence-electron chi connectivity index (χ4n) is 3.17. The lowest BCUT2D eigenvalue weighted by molar-refractivity contribution is 0.101. The SMILES string of the molecule is Cc1cccc(C(=O)Nc2cccc(-c3csc(NC(=O)c4cccc(C)c4)n3)c2)c1. The van der Waals surface area contributed by atoms with Gasteiger partial charge in [-0.3, -0.25) is 14.9 Å². The molecule has 0 radical (unpaired) electrons. The number of hydrogen-bond acceptors (Lipinski definition) is 4. The van der Waals surface area contributed by atoms with Crippen molar-refractivity contribution in [2.45, 2.75) is 13.8 Å². The van der Waals surface area contributed by atoms with Crippen LogP contribution in [0.4, 0.5) is 10.8 Å². The summed E-state index contributed by atoms with van der Waals surface area (Å²) in [5.74, 6) is -0.353. The van der Waals surface area contributed by atoms with E-state index in [0.717, 1.165) is 22.4 Å². The van der Waals surface area contributed by atoms with E-state index in [0.29, 0.717) is 21.9 Å². The zero-order valence-corrected chi connectivity index (χ0v) is 18.0. The maximum absolute atomic E-state index is 12.5. The molecule has 0 aliphatic heterocycles. The van der Waals surface area contributed by atoms with Gasteiger partial charge in [0.05, 0.1) is 5.69 Å². The molecule has 0 aliphatic carbocycles. The lowest BCUT2D eigenvalue weighted by atomic mass is 10.1. The molecular formula is C25H21N3O2S. The summed E-state index contributed by atoms with van der Waals surface area (Å²) in [5.41, 5.74) is 5.53. The number of carbonyl (C=O) groups excluding carboxylic acids is 2. The van der Waals surface area contributed by atoms with Crippen molar-refractivity contribution in [3.8, 4) is 11.3 Å². The van der Waals surface area contributed by atoms with E-state index < -0.39 is 0 Å². The third kappa shape index (κ3) is 5.05. The van der Waals surface area contributed by atoms with Crippen molar-refractivity contribution in [3.05, 3.63) is 100 Å². The van der Waals surface area contributed by atoms with Crippen molar-refractivity contribution in [2.24, 2.45) is 0 Å². The quantitative estimate of drug-likeness (QED) is 0.415. The monoisotopic (exact) mass is 427 g/mol. The standard InChI is InChI=1S/C25H21N3O2S/c1-16-6-3-9-19(12-16)23(29)26-21-11-5-8-18(14-21)22-15-31-25(27-22)28-24(30)20-10-4-7-17(2)13-20/h3-15H,1-2H3,(H,26,29)(H,27,28,30). The zero-order chi connectivity index (χ0) is 21.8. The molecule has 0 unspecified atom stereocenters. The highest BCUT2D eigenvalue weighted by molar-refractivity contribution is 7.14. The summed E-state index contributed by atoms with van der Waals surface area (Å²) in [6, 6.07) is 22.4. The second-order valence-corrected chi connectivity index (χ2v) is 8.12. The molecule has 6 heteroatoms. The first-order chi connectivity index (χ1) is 15.0. The second-order valence-electron chi connectivity index (χ2n) is 7.27. The van der Waals surface area contributed by atoms with E-state index in [-0.39, 0.29) is 11.8 Å². The van der Waals surface area contributed by atoms with Gasteiger partial charge in [0.15, 0.2) is 5.13 Å². The zero-order valence-electron chi connectivity index (χ0n) is 17.2. The molecule has 4 rings (SSSR count). The third-order valence-electron chi connectivity index (χ3n) is 4.70. The van der Waals surface area contributed by atoms with Gasteiger partial charge in [0.25, 0.3) is 11.8 Å². The van der Waals surface area contributed by atoms with Crippen molar-refractivity contribution in [2.75, 3.05) is 10.6 Å². The van der Waals surface area contributed by atoms with E-state index >= 15 is 0 Å². The minimum absolute atomic E-state index is 0.162. The summed E-state index contributed by atoms with van der Waals surface area (Å²) in [5, 5.41) is 8.18. The number of rotatable bonds is 5. The van der Waals surface area contributed by atoms with Crippen molar-refractivity contribution >= 4 is 34.0 Å². The third-order valence-corrected chi connectivity index (χ3v) is 5.46. The molecule has 1 aromatic heterocycles. The molecule has 0 fully saturated rings. The maximum atomic E-state index is 12.5. The highest BCUT2D eigenvalue weighted by atomic mass is 32.1. The second kappa shape index (κ2) is 8.93.